The molecule has 36 heavy (non-hydrogen) atoms. The van der Waals surface area contributed by atoms with Crippen molar-refractivity contribution in [2.75, 3.05) is 20.7 Å². The highest BCUT2D eigenvalue weighted by Gasteiger charge is 2.27. The van der Waals surface area contributed by atoms with Gasteiger partial charge in [0.2, 0.25) is 0 Å². The molecule has 1 aromatic heterocycles. The largest absolute Gasteiger partial charge is 0.497 e. The molecule has 0 spiro atoms. The monoisotopic (exact) mass is 480 g/mol. The normalized spacial score (nSPS) is 15.6. The standard InChI is InChI=1S/C30H32N4O2/c1-4-33(2)19-23-7-5-6-8-26(23)21-9-11-22(12-10-21)27-17-29(35)30-28(18-31-27)32-20-34(30)24-13-15-25(36-3)16-14-24/h5-16,20,27,31H,4,17-19H2,1-3H3. The van der Waals surface area contributed by atoms with Gasteiger partial charge in [0.25, 0.3) is 0 Å². The first kappa shape index (κ1) is 24.0. The number of aromatic nitrogens is 2. The molecule has 1 aliphatic heterocycles. The number of carbonyl (C=O) groups excluding carboxylic acids is 1. The van der Waals surface area contributed by atoms with Crippen LogP contribution in [0.3, 0.4) is 0 Å². The molecule has 0 aliphatic carbocycles. The molecular formula is C30H32N4O2. The smallest absolute Gasteiger partial charge is 0.183 e. The summed E-state index contributed by atoms with van der Waals surface area (Å²) in [7, 11) is 3.78. The summed E-state index contributed by atoms with van der Waals surface area (Å²) < 4.78 is 7.15. The van der Waals surface area contributed by atoms with Crippen molar-refractivity contribution in [2.45, 2.75) is 32.5 Å². The zero-order valence-corrected chi connectivity index (χ0v) is 21.1. The maximum absolute atomic E-state index is 13.4. The van der Waals surface area contributed by atoms with Gasteiger partial charge in [-0.25, -0.2) is 4.98 Å². The Morgan fingerprint density at radius 3 is 2.53 bits per heavy atom. The van der Waals surface area contributed by atoms with E-state index in [9.17, 15) is 4.79 Å². The summed E-state index contributed by atoms with van der Waals surface area (Å²) in [6, 6.07) is 24.8. The lowest BCUT2D eigenvalue weighted by atomic mass is 9.95. The summed E-state index contributed by atoms with van der Waals surface area (Å²) >= 11 is 0. The van der Waals surface area contributed by atoms with Gasteiger partial charge in [0.15, 0.2) is 5.78 Å². The lowest BCUT2D eigenvalue weighted by Crippen LogP contribution is -2.20. The SMILES string of the molecule is CCN(C)Cc1ccccc1-c1ccc(C2CC(=O)c3c(ncn3-c3ccc(OC)cc3)CN2)cc1. The molecule has 2 heterocycles. The first-order valence-electron chi connectivity index (χ1n) is 12.4. The van der Waals surface area contributed by atoms with E-state index in [-0.39, 0.29) is 11.8 Å². The van der Waals surface area contributed by atoms with Crippen LogP contribution in [0.4, 0.5) is 0 Å². The quantitative estimate of drug-likeness (QED) is 0.383. The van der Waals surface area contributed by atoms with Gasteiger partial charge in [-0.15, -0.1) is 0 Å². The van der Waals surface area contributed by atoms with E-state index in [1.807, 2.05) is 28.8 Å². The van der Waals surface area contributed by atoms with Crippen LogP contribution >= 0.6 is 0 Å². The fraction of sp³-hybridized carbons (Fsp3) is 0.267. The molecule has 3 aromatic carbocycles. The highest BCUT2D eigenvalue weighted by atomic mass is 16.5. The molecule has 0 fully saturated rings. The molecule has 184 valence electrons. The van der Waals surface area contributed by atoms with Crippen LogP contribution in [0.15, 0.2) is 79.1 Å². The number of ether oxygens (including phenoxy) is 1. The molecule has 1 aliphatic rings. The van der Waals surface area contributed by atoms with Gasteiger partial charge in [0.1, 0.15) is 17.8 Å². The van der Waals surface area contributed by atoms with Gasteiger partial charge in [-0.2, -0.15) is 0 Å². The third kappa shape index (κ3) is 4.83. The lowest BCUT2D eigenvalue weighted by Gasteiger charge is -2.18. The van der Waals surface area contributed by atoms with Gasteiger partial charge < -0.3 is 15.0 Å². The van der Waals surface area contributed by atoms with Crippen LogP contribution in [0.2, 0.25) is 0 Å². The van der Waals surface area contributed by atoms with Crippen molar-refractivity contribution in [3.8, 4) is 22.6 Å². The van der Waals surface area contributed by atoms with Crippen molar-refractivity contribution in [1.29, 1.82) is 0 Å². The molecule has 0 saturated carbocycles. The number of rotatable bonds is 7. The van der Waals surface area contributed by atoms with Crippen LogP contribution in [0.25, 0.3) is 16.8 Å². The Morgan fingerprint density at radius 2 is 1.81 bits per heavy atom. The van der Waals surface area contributed by atoms with Gasteiger partial charge >= 0.3 is 0 Å². The number of ketones is 1. The minimum atomic E-state index is -0.0634. The van der Waals surface area contributed by atoms with Crippen LogP contribution in [-0.4, -0.2) is 40.9 Å². The van der Waals surface area contributed by atoms with Crippen molar-refractivity contribution in [3.63, 3.8) is 0 Å². The molecule has 0 saturated heterocycles. The van der Waals surface area contributed by atoms with Crippen molar-refractivity contribution in [2.24, 2.45) is 0 Å². The summed E-state index contributed by atoms with van der Waals surface area (Å²) in [5, 5.41) is 3.55. The third-order valence-corrected chi connectivity index (χ3v) is 6.98. The predicted octanol–water partition coefficient (Wildman–Crippen LogP) is 5.42. The molecule has 5 rings (SSSR count). The average Bonchev–Trinajstić information content (AvgIpc) is 3.28. The first-order valence-corrected chi connectivity index (χ1v) is 12.4. The Bertz CT molecular complexity index is 1340. The van der Waals surface area contributed by atoms with Crippen molar-refractivity contribution in [3.05, 3.63) is 102 Å². The Morgan fingerprint density at radius 1 is 1.06 bits per heavy atom. The average molecular weight is 481 g/mol. The minimum Gasteiger partial charge on any atom is -0.497 e. The fourth-order valence-electron chi connectivity index (χ4n) is 4.80. The Hall–Kier alpha value is -3.74. The molecule has 1 atom stereocenters. The first-order chi connectivity index (χ1) is 17.6. The zero-order valence-electron chi connectivity index (χ0n) is 21.1. The van der Waals surface area contributed by atoms with Gasteiger partial charge in [-0.3, -0.25) is 9.36 Å². The predicted molar refractivity (Wildman–Crippen MR) is 143 cm³/mol. The number of benzene rings is 3. The fourth-order valence-corrected chi connectivity index (χ4v) is 4.80. The van der Waals surface area contributed by atoms with Crippen LogP contribution in [0.1, 0.15) is 46.7 Å². The van der Waals surface area contributed by atoms with E-state index >= 15 is 0 Å². The number of carbonyl (C=O) groups is 1. The van der Waals surface area contributed by atoms with E-state index in [1.54, 1.807) is 13.4 Å². The van der Waals surface area contributed by atoms with Gasteiger partial charge in [0, 0.05) is 31.2 Å². The number of nitrogens with zero attached hydrogens (tertiary/aromatic N) is 3. The van der Waals surface area contributed by atoms with E-state index < -0.39 is 0 Å². The van der Waals surface area contributed by atoms with Gasteiger partial charge in [-0.1, -0.05) is 55.5 Å². The maximum Gasteiger partial charge on any atom is 0.183 e. The number of Topliss-reactive ketones (excluding diaryl/α,β-unsaturated/α-hetero) is 1. The molecule has 0 radical (unpaired) electrons. The number of hydrogen-bond acceptors (Lipinski definition) is 5. The summed E-state index contributed by atoms with van der Waals surface area (Å²) in [4.78, 5) is 20.3. The van der Waals surface area contributed by atoms with Crippen molar-refractivity contribution < 1.29 is 9.53 Å². The van der Waals surface area contributed by atoms with Crippen LogP contribution < -0.4 is 10.1 Å². The van der Waals surface area contributed by atoms with Crippen molar-refractivity contribution >= 4 is 5.78 Å². The van der Waals surface area contributed by atoms with Crippen LogP contribution in [0, 0.1) is 0 Å². The summed E-state index contributed by atoms with van der Waals surface area (Å²) in [6.45, 7) is 4.63. The van der Waals surface area contributed by atoms with E-state index in [1.165, 1.54) is 16.7 Å². The Labute approximate surface area is 212 Å². The molecule has 6 heteroatoms. The topological polar surface area (TPSA) is 59.4 Å². The third-order valence-electron chi connectivity index (χ3n) is 6.98. The van der Waals surface area contributed by atoms with E-state index in [4.69, 9.17) is 4.74 Å². The van der Waals surface area contributed by atoms with E-state index in [2.05, 4.69) is 77.7 Å². The Kier molecular flexibility index (Phi) is 6.98. The number of hydrogen-bond donors (Lipinski definition) is 1. The number of fused-ring (bicyclic) bond motifs is 1. The molecule has 0 amide bonds. The van der Waals surface area contributed by atoms with E-state index in [0.717, 1.165) is 35.8 Å². The molecule has 1 unspecified atom stereocenters. The highest BCUT2D eigenvalue weighted by Crippen LogP contribution is 2.30. The zero-order chi connectivity index (χ0) is 25.1. The highest BCUT2D eigenvalue weighted by molar-refractivity contribution is 5.97. The van der Waals surface area contributed by atoms with Crippen molar-refractivity contribution in [1.82, 2.24) is 19.8 Å². The maximum atomic E-state index is 13.4. The molecule has 1 N–H and O–H groups in total. The van der Waals surface area contributed by atoms with Crippen LogP contribution in [-0.2, 0) is 13.1 Å². The molecule has 6 nitrogen and oxygen atoms in total. The molecule has 0 bridgehead atoms. The second-order valence-corrected chi connectivity index (χ2v) is 9.28. The van der Waals surface area contributed by atoms with Gasteiger partial charge in [-0.05, 0) is 60.1 Å². The summed E-state index contributed by atoms with van der Waals surface area (Å²) in [5.41, 5.74) is 7.19. The van der Waals surface area contributed by atoms with Crippen LogP contribution in [0.5, 0.6) is 5.75 Å². The summed E-state index contributed by atoms with van der Waals surface area (Å²) in [6.07, 6.45) is 2.11. The van der Waals surface area contributed by atoms with Gasteiger partial charge in [0.05, 0.1) is 12.8 Å². The summed E-state index contributed by atoms with van der Waals surface area (Å²) in [5.74, 6) is 0.867. The number of imidazole rings is 1. The van der Waals surface area contributed by atoms with E-state index in [0.29, 0.717) is 18.7 Å². The Balaban J connectivity index is 1.36. The minimum absolute atomic E-state index is 0.0634. The molecular weight excluding hydrogens is 448 g/mol. The number of nitrogens with one attached hydrogen (secondary N) is 1. The second-order valence-electron chi connectivity index (χ2n) is 9.28. The molecule has 4 aromatic rings. The second kappa shape index (κ2) is 10.5. The number of methoxy groups -OCH3 is 1. The lowest BCUT2D eigenvalue weighted by molar-refractivity contribution is 0.0966.